The summed E-state index contributed by atoms with van der Waals surface area (Å²) in [6.45, 7) is 1.40. The Bertz CT molecular complexity index is 1230. The van der Waals surface area contributed by atoms with Crippen LogP contribution in [0.15, 0.2) is 52.9 Å². The number of sulfonamides is 2. The fourth-order valence-corrected chi connectivity index (χ4v) is 4.18. The monoisotopic (exact) mass is 451 g/mol. The van der Waals surface area contributed by atoms with Gasteiger partial charge in [0.25, 0.3) is 0 Å². The first-order chi connectivity index (χ1) is 14.0. The summed E-state index contributed by atoms with van der Waals surface area (Å²) >= 11 is 0. The molecule has 0 atom stereocenters. The summed E-state index contributed by atoms with van der Waals surface area (Å²) in [6, 6.07) is 14.4. The van der Waals surface area contributed by atoms with E-state index in [1.54, 1.807) is 24.3 Å². The minimum atomic E-state index is -3.34. The molecular formula is C20H25N3O5S2. The molecule has 10 heteroatoms. The van der Waals surface area contributed by atoms with Gasteiger partial charge in [-0.2, -0.15) is 0 Å². The molecule has 30 heavy (non-hydrogen) atoms. The third kappa shape index (κ3) is 6.75. The fourth-order valence-electron chi connectivity index (χ4n) is 3.06. The highest BCUT2D eigenvalue weighted by Crippen LogP contribution is 2.24. The highest BCUT2D eigenvalue weighted by Gasteiger charge is 2.10. The number of likely N-dealkylation sites (N-methyl/N-ethyl adjacent to an activating group) is 1. The Kier molecular flexibility index (Phi) is 6.39. The van der Waals surface area contributed by atoms with E-state index >= 15 is 0 Å². The van der Waals surface area contributed by atoms with Gasteiger partial charge < -0.3 is 4.42 Å². The summed E-state index contributed by atoms with van der Waals surface area (Å²) in [5.74, 6) is 0.789. The van der Waals surface area contributed by atoms with Crippen molar-refractivity contribution in [3.05, 3.63) is 59.9 Å². The maximum Gasteiger partial charge on any atom is 0.229 e. The molecule has 0 saturated carbocycles. The second kappa shape index (κ2) is 8.66. The summed E-state index contributed by atoms with van der Waals surface area (Å²) in [5, 5.41) is 0.909. The lowest BCUT2D eigenvalue weighted by atomic mass is 10.1. The van der Waals surface area contributed by atoms with Crippen LogP contribution in [0.3, 0.4) is 0 Å². The van der Waals surface area contributed by atoms with Crippen LogP contribution in [0, 0.1) is 0 Å². The first kappa shape index (κ1) is 22.1. The molecule has 1 heterocycles. The van der Waals surface area contributed by atoms with E-state index in [0.717, 1.165) is 42.2 Å². The van der Waals surface area contributed by atoms with E-state index in [9.17, 15) is 16.8 Å². The van der Waals surface area contributed by atoms with Crippen LogP contribution in [-0.2, 0) is 33.0 Å². The molecule has 162 valence electrons. The second-order valence-electron chi connectivity index (χ2n) is 7.40. The van der Waals surface area contributed by atoms with Crippen LogP contribution in [-0.4, -0.2) is 47.8 Å². The number of fused-ring (bicyclic) bond motifs is 1. The first-order valence-electron chi connectivity index (χ1n) is 9.22. The number of furan rings is 1. The Balaban J connectivity index is 1.58. The van der Waals surface area contributed by atoms with Gasteiger partial charge in [-0.3, -0.25) is 14.3 Å². The van der Waals surface area contributed by atoms with Gasteiger partial charge in [0.05, 0.1) is 24.7 Å². The molecule has 8 nitrogen and oxygen atoms in total. The normalized spacial score (nSPS) is 12.4. The van der Waals surface area contributed by atoms with Crippen molar-refractivity contribution < 1.29 is 21.3 Å². The minimum Gasteiger partial charge on any atom is -0.460 e. The lowest BCUT2D eigenvalue weighted by Gasteiger charge is -2.15. The van der Waals surface area contributed by atoms with Gasteiger partial charge in [0, 0.05) is 23.7 Å². The summed E-state index contributed by atoms with van der Waals surface area (Å²) in [6.07, 6.45) is 3.03. The molecule has 0 unspecified atom stereocenters. The van der Waals surface area contributed by atoms with Gasteiger partial charge in [-0.25, -0.2) is 16.8 Å². The van der Waals surface area contributed by atoms with Crippen molar-refractivity contribution in [1.29, 1.82) is 0 Å². The summed E-state index contributed by atoms with van der Waals surface area (Å²) in [4.78, 5) is 2.12. The van der Waals surface area contributed by atoms with E-state index in [1.165, 1.54) is 0 Å². The van der Waals surface area contributed by atoms with E-state index < -0.39 is 20.0 Å². The molecule has 1 aromatic heterocycles. The number of anilines is 2. The summed E-state index contributed by atoms with van der Waals surface area (Å²) in [7, 11) is -4.62. The maximum absolute atomic E-state index is 11.4. The van der Waals surface area contributed by atoms with Crippen molar-refractivity contribution in [2.75, 3.05) is 35.5 Å². The van der Waals surface area contributed by atoms with Crippen LogP contribution in [0.1, 0.15) is 11.3 Å². The molecule has 0 saturated heterocycles. The van der Waals surface area contributed by atoms with Crippen molar-refractivity contribution in [2.45, 2.75) is 13.0 Å². The molecular weight excluding hydrogens is 426 g/mol. The quantitative estimate of drug-likeness (QED) is 0.518. The predicted octanol–water partition coefficient (Wildman–Crippen LogP) is 2.85. The van der Waals surface area contributed by atoms with Gasteiger partial charge in [0.2, 0.25) is 20.0 Å². The van der Waals surface area contributed by atoms with Crippen LogP contribution >= 0.6 is 0 Å². The molecule has 3 aromatic rings. The molecule has 2 aromatic carbocycles. The largest absolute Gasteiger partial charge is 0.460 e. The average Bonchev–Trinajstić information content (AvgIpc) is 3.00. The molecule has 0 aliphatic carbocycles. The predicted molar refractivity (Wildman–Crippen MR) is 120 cm³/mol. The van der Waals surface area contributed by atoms with E-state index in [-0.39, 0.29) is 0 Å². The average molecular weight is 452 g/mol. The fraction of sp³-hybridized carbons (Fsp3) is 0.300. The maximum atomic E-state index is 11.4. The van der Waals surface area contributed by atoms with E-state index in [1.807, 2.05) is 31.3 Å². The summed E-state index contributed by atoms with van der Waals surface area (Å²) < 4.78 is 56.0. The number of nitrogens with one attached hydrogen (secondary N) is 2. The zero-order chi connectivity index (χ0) is 21.9. The minimum absolute atomic E-state index is 0.466. The highest BCUT2D eigenvalue weighted by molar-refractivity contribution is 7.92. The van der Waals surface area contributed by atoms with Crippen molar-refractivity contribution in [3.63, 3.8) is 0 Å². The zero-order valence-corrected chi connectivity index (χ0v) is 18.7. The SMILES string of the molecule is CN(CCc1ccc(NS(C)(=O)=O)cc1)Cc1cc2ccc(NS(C)(=O)=O)cc2o1. The molecule has 0 spiro atoms. The number of hydrogen-bond acceptors (Lipinski definition) is 6. The van der Waals surface area contributed by atoms with Crippen LogP contribution < -0.4 is 9.44 Å². The number of nitrogens with zero attached hydrogens (tertiary/aromatic N) is 1. The van der Waals surface area contributed by atoms with Gasteiger partial charge in [-0.05, 0) is 49.4 Å². The third-order valence-corrected chi connectivity index (χ3v) is 5.55. The lowest BCUT2D eigenvalue weighted by molar-refractivity contribution is 0.302. The lowest BCUT2D eigenvalue weighted by Crippen LogP contribution is -2.20. The molecule has 0 bridgehead atoms. The Morgan fingerprint density at radius 1 is 0.867 bits per heavy atom. The Morgan fingerprint density at radius 2 is 1.47 bits per heavy atom. The number of rotatable bonds is 9. The highest BCUT2D eigenvalue weighted by atomic mass is 32.2. The molecule has 0 aliphatic rings. The van der Waals surface area contributed by atoms with Gasteiger partial charge in [0.1, 0.15) is 11.3 Å². The molecule has 3 rings (SSSR count). The van der Waals surface area contributed by atoms with Crippen molar-refractivity contribution in [2.24, 2.45) is 0 Å². The Labute approximate surface area is 177 Å². The zero-order valence-electron chi connectivity index (χ0n) is 17.0. The smallest absolute Gasteiger partial charge is 0.229 e. The van der Waals surface area contributed by atoms with Crippen molar-refractivity contribution in [3.8, 4) is 0 Å². The Hall–Kier alpha value is -2.56. The van der Waals surface area contributed by atoms with E-state index in [2.05, 4.69) is 14.3 Å². The van der Waals surface area contributed by atoms with Crippen molar-refractivity contribution in [1.82, 2.24) is 4.90 Å². The first-order valence-corrected chi connectivity index (χ1v) is 13.0. The third-order valence-electron chi connectivity index (χ3n) is 4.34. The topological polar surface area (TPSA) is 109 Å². The standard InChI is InChI=1S/C20H25N3O5S2/c1-23(11-10-15-4-7-17(8-5-15)21-29(2,24)25)14-19-12-16-6-9-18(13-20(16)28-19)22-30(3,26)27/h4-9,12-13,21-22H,10-11,14H2,1-3H3. The molecule has 2 N–H and O–H groups in total. The molecule has 0 amide bonds. The van der Waals surface area contributed by atoms with Gasteiger partial charge in [-0.1, -0.05) is 12.1 Å². The van der Waals surface area contributed by atoms with E-state index in [4.69, 9.17) is 4.42 Å². The molecule has 0 fully saturated rings. The molecule has 0 aliphatic heterocycles. The van der Waals surface area contributed by atoms with Crippen molar-refractivity contribution >= 4 is 42.4 Å². The second-order valence-corrected chi connectivity index (χ2v) is 10.9. The number of benzene rings is 2. The molecule has 0 radical (unpaired) electrons. The number of hydrogen-bond donors (Lipinski definition) is 2. The van der Waals surface area contributed by atoms with Gasteiger partial charge in [-0.15, -0.1) is 0 Å². The van der Waals surface area contributed by atoms with Crippen LogP contribution in [0.5, 0.6) is 0 Å². The van der Waals surface area contributed by atoms with E-state index in [0.29, 0.717) is 23.5 Å². The summed E-state index contributed by atoms with van der Waals surface area (Å²) in [5.41, 5.74) is 2.73. The van der Waals surface area contributed by atoms with Crippen LogP contribution in [0.4, 0.5) is 11.4 Å². The Morgan fingerprint density at radius 3 is 2.10 bits per heavy atom. The van der Waals surface area contributed by atoms with Gasteiger partial charge in [0.15, 0.2) is 0 Å². The van der Waals surface area contributed by atoms with Crippen LogP contribution in [0.25, 0.3) is 11.0 Å². The van der Waals surface area contributed by atoms with Gasteiger partial charge >= 0.3 is 0 Å². The van der Waals surface area contributed by atoms with Crippen LogP contribution in [0.2, 0.25) is 0 Å².